The molecule has 0 aromatic rings. The molecule has 2 spiro atoms. The molecule has 0 aromatic heterocycles. The van der Waals surface area contributed by atoms with Crippen LogP contribution < -0.4 is 0 Å². The first kappa shape index (κ1) is 7.37. The lowest BCUT2D eigenvalue weighted by molar-refractivity contribution is 0.462. The van der Waals surface area contributed by atoms with E-state index in [2.05, 4.69) is 31.9 Å². The van der Waals surface area contributed by atoms with E-state index in [1.807, 2.05) is 0 Å². The summed E-state index contributed by atoms with van der Waals surface area (Å²) < 4.78 is 0.358. The fraction of sp³-hybridized carbons (Fsp3) is 1.00. The van der Waals surface area contributed by atoms with E-state index in [1.54, 1.807) is 0 Å². The van der Waals surface area contributed by atoms with Crippen LogP contribution in [0.2, 0.25) is 0 Å². The number of hydrogen-bond acceptors (Lipinski definition) is 0. The van der Waals surface area contributed by atoms with Crippen molar-refractivity contribution in [2.24, 2.45) is 10.8 Å². The fourth-order valence-corrected chi connectivity index (χ4v) is 6.34. The zero-order valence-electron chi connectivity index (χ0n) is 6.50. The molecule has 3 fully saturated rings. The van der Waals surface area contributed by atoms with Gasteiger partial charge in [0.05, 0.1) is 3.23 Å². The predicted octanol–water partition coefficient (Wildman–Crippen LogP) is 3.83. The van der Waals surface area contributed by atoms with Crippen molar-refractivity contribution in [3.63, 3.8) is 0 Å². The maximum Gasteiger partial charge on any atom is 0.0929 e. The Bertz CT molecular complexity index is 204. The first-order valence-electron chi connectivity index (χ1n) is 4.54. The molecule has 0 heterocycles. The minimum Gasteiger partial charge on any atom is -0.0714 e. The summed E-state index contributed by atoms with van der Waals surface area (Å²) in [6.07, 6.45) is 8.77. The highest BCUT2D eigenvalue weighted by Crippen LogP contribution is 2.94. The first-order chi connectivity index (χ1) is 5.16. The molecule has 0 N–H and O–H groups in total. The molecule has 11 heavy (non-hydrogen) atoms. The van der Waals surface area contributed by atoms with Crippen LogP contribution in [0.4, 0.5) is 0 Å². The summed E-state index contributed by atoms with van der Waals surface area (Å²) in [5.41, 5.74) is 1.39. The Morgan fingerprint density at radius 1 is 0.727 bits per heavy atom. The maximum absolute atomic E-state index is 3.87. The molecule has 0 bridgehead atoms. The van der Waals surface area contributed by atoms with Crippen LogP contribution in [-0.4, -0.2) is 3.23 Å². The minimum absolute atomic E-state index is 0.358. The molecule has 0 unspecified atom stereocenters. The second kappa shape index (κ2) is 1.75. The van der Waals surface area contributed by atoms with E-state index in [1.165, 1.54) is 38.5 Å². The topological polar surface area (TPSA) is 0 Å². The van der Waals surface area contributed by atoms with Crippen LogP contribution in [0, 0.1) is 10.8 Å². The molecule has 0 aromatic carbocycles. The summed E-state index contributed by atoms with van der Waals surface area (Å²) in [4.78, 5) is 0. The predicted molar refractivity (Wildman–Crippen MR) is 53.2 cm³/mol. The van der Waals surface area contributed by atoms with Gasteiger partial charge >= 0.3 is 0 Å². The minimum atomic E-state index is 0.358. The molecule has 0 radical (unpaired) electrons. The molecule has 3 saturated carbocycles. The summed E-state index contributed by atoms with van der Waals surface area (Å²) in [6.45, 7) is 0. The normalized spacial score (nSPS) is 39.8. The van der Waals surface area contributed by atoms with Gasteiger partial charge in [-0.15, -0.1) is 0 Å². The molecule has 0 aliphatic heterocycles. The molecule has 3 aliphatic carbocycles. The molecule has 62 valence electrons. The van der Waals surface area contributed by atoms with E-state index in [-0.39, 0.29) is 0 Å². The van der Waals surface area contributed by atoms with E-state index in [9.17, 15) is 0 Å². The summed E-state index contributed by atoms with van der Waals surface area (Å²) in [5.74, 6) is 0. The summed E-state index contributed by atoms with van der Waals surface area (Å²) in [6, 6.07) is 0. The molecular formula is C9H12Br2. The lowest BCUT2D eigenvalue weighted by Gasteiger charge is -2.07. The van der Waals surface area contributed by atoms with Crippen molar-refractivity contribution in [2.75, 3.05) is 0 Å². The zero-order chi connectivity index (χ0) is 7.74. The molecule has 0 nitrogen and oxygen atoms in total. The third-order valence-corrected chi connectivity index (χ3v) is 7.30. The van der Waals surface area contributed by atoms with Crippen molar-refractivity contribution in [3.8, 4) is 0 Å². The van der Waals surface area contributed by atoms with Gasteiger partial charge in [-0.3, -0.25) is 0 Å². The molecule has 0 saturated heterocycles. The monoisotopic (exact) mass is 278 g/mol. The van der Waals surface area contributed by atoms with Crippen LogP contribution in [0.15, 0.2) is 0 Å². The fourth-order valence-electron chi connectivity index (χ4n) is 3.43. The van der Waals surface area contributed by atoms with E-state index in [0.717, 1.165) is 0 Å². The Morgan fingerprint density at radius 3 is 1.55 bits per heavy atom. The smallest absolute Gasteiger partial charge is 0.0714 e. The second-order valence-electron chi connectivity index (χ2n) is 4.45. The van der Waals surface area contributed by atoms with Crippen molar-refractivity contribution < 1.29 is 0 Å². The maximum atomic E-state index is 3.87. The first-order valence-corrected chi connectivity index (χ1v) is 6.13. The van der Waals surface area contributed by atoms with Gasteiger partial charge in [-0.1, -0.05) is 44.7 Å². The molecular weight excluding hydrogens is 268 g/mol. The highest BCUT2D eigenvalue weighted by molar-refractivity contribution is 9.25. The van der Waals surface area contributed by atoms with Gasteiger partial charge in [-0.05, 0) is 25.7 Å². The van der Waals surface area contributed by atoms with Gasteiger partial charge < -0.3 is 0 Å². The highest BCUT2D eigenvalue weighted by atomic mass is 79.9. The van der Waals surface area contributed by atoms with E-state index in [4.69, 9.17) is 0 Å². The zero-order valence-corrected chi connectivity index (χ0v) is 9.67. The van der Waals surface area contributed by atoms with Crippen LogP contribution in [-0.2, 0) is 0 Å². The Morgan fingerprint density at radius 2 is 1.18 bits per heavy atom. The van der Waals surface area contributed by atoms with Crippen molar-refractivity contribution >= 4 is 31.9 Å². The Balaban J connectivity index is 2.01. The molecule has 0 amide bonds. The lowest BCUT2D eigenvalue weighted by Crippen LogP contribution is -2.01. The molecule has 0 atom stereocenters. The van der Waals surface area contributed by atoms with Crippen LogP contribution in [0.25, 0.3) is 0 Å². The average Bonchev–Trinajstić information content (AvgIpc) is 2.72. The van der Waals surface area contributed by atoms with Gasteiger partial charge in [0.2, 0.25) is 0 Å². The summed E-state index contributed by atoms with van der Waals surface area (Å²) in [5, 5.41) is 0. The quantitative estimate of drug-likeness (QED) is 0.591. The largest absolute Gasteiger partial charge is 0.0929 e. The van der Waals surface area contributed by atoms with E-state index < -0.39 is 0 Å². The van der Waals surface area contributed by atoms with Crippen molar-refractivity contribution in [1.82, 2.24) is 0 Å². The third kappa shape index (κ3) is 0.551. The lowest BCUT2D eigenvalue weighted by atomic mass is 10.0. The molecule has 3 rings (SSSR count). The van der Waals surface area contributed by atoms with Gasteiger partial charge in [0.15, 0.2) is 0 Å². The Hall–Kier alpha value is 0.960. The Labute approximate surface area is 84.4 Å². The van der Waals surface area contributed by atoms with Gasteiger partial charge in [0.1, 0.15) is 0 Å². The van der Waals surface area contributed by atoms with Crippen LogP contribution in [0.1, 0.15) is 38.5 Å². The average molecular weight is 280 g/mol. The van der Waals surface area contributed by atoms with E-state index in [0.29, 0.717) is 14.1 Å². The van der Waals surface area contributed by atoms with Crippen molar-refractivity contribution in [1.29, 1.82) is 0 Å². The third-order valence-electron chi connectivity index (χ3n) is 4.26. The van der Waals surface area contributed by atoms with Gasteiger partial charge in [-0.25, -0.2) is 0 Å². The number of fused-ring (bicyclic) bond motifs is 1. The highest BCUT2D eigenvalue weighted by Gasteiger charge is 2.89. The number of halogens is 2. The molecule has 3 aliphatic rings. The standard InChI is InChI=1S/C9H12Br2/c10-9(11)7(3-1-2-4-7)8(9)5-6-8/h1-6H2. The number of rotatable bonds is 0. The van der Waals surface area contributed by atoms with Crippen molar-refractivity contribution in [3.05, 3.63) is 0 Å². The van der Waals surface area contributed by atoms with Crippen LogP contribution in [0.5, 0.6) is 0 Å². The van der Waals surface area contributed by atoms with E-state index >= 15 is 0 Å². The van der Waals surface area contributed by atoms with Crippen LogP contribution in [0.3, 0.4) is 0 Å². The second-order valence-corrected chi connectivity index (χ2v) is 7.89. The van der Waals surface area contributed by atoms with Gasteiger partial charge in [0.25, 0.3) is 0 Å². The SMILES string of the molecule is BrC1(Br)C2(CCCC2)C12CC2. The van der Waals surface area contributed by atoms with Gasteiger partial charge in [-0.2, -0.15) is 0 Å². The summed E-state index contributed by atoms with van der Waals surface area (Å²) in [7, 11) is 0. The molecule has 2 heteroatoms. The Kier molecular flexibility index (Phi) is 1.17. The summed E-state index contributed by atoms with van der Waals surface area (Å²) >= 11 is 7.74. The van der Waals surface area contributed by atoms with Crippen LogP contribution >= 0.6 is 31.9 Å². The van der Waals surface area contributed by atoms with Gasteiger partial charge in [0, 0.05) is 10.8 Å². The number of hydrogen-bond donors (Lipinski definition) is 0. The number of alkyl halides is 2. The van der Waals surface area contributed by atoms with Crippen molar-refractivity contribution in [2.45, 2.75) is 41.8 Å².